The van der Waals surface area contributed by atoms with E-state index in [1.807, 2.05) is 18.2 Å². The molecule has 1 atom stereocenters. The number of carboxylic acids is 1. The fraction of sp³-hybridized carbons (Fsp3) is 0.364. The quantitative estimate of drug-likeness (QED) is 0.744. The molecule has 94 valence electrons. The van der Waals surface area contributed by atoms with Gasteiger partial charge in [-0.3, -0.25) is 4.79 Å². The second-order valence-electron chi connectivity index (χ2n) is 3.41. The van der Waals surface area contributed by atoms with Crippen molar-refractivity contribution in [1.29, 1.82) is 0 Å². The number of benzene rings is 1. The van der Waals surface area contributed by atoms with Gasteiger partial charge in [-0.05, 0) is 25.2 Å². The summed E-state index contributed by atoms with van der Waals surface area (Å²) in [5.74, 6) is -0.220. The second kappa shape index (κ2) is 6.46. The summed E-state index contributed by atoms with van der Waals surface area (Å²) in [5, 5.41) is 14.6. The molecule has 0 aliphatic heterocycles. The van der Waals surface area contributed by atoms with Gasteiger partial charge in [0.2, 0.25) is 0 Å². The number of ether oxygens (including phenoxy) is 1. The molecule has 0 aliphatic carbocycles. The molecule has 0 aromatic heterocycles. The van der Waals surface area contributed by atoms with Crippen molar-refractivity contribution in [1.82, 2.24) is 5.32 Å². The number of rotatable bonds is 6. The van der Waals surface area contributed by atoms with Crippen LogP contribution in [0, 0.1) is 0 Å². The van der Waals surface area contributed by atoms with Crippen LogP contribution in [0.4, 0.5) is 5.69 Å². The summed E-state index contributed by atoms with van der Waals surface area (Å²) in [6, 6.07) is 4.87. The van der Waals surface area contributed by atoms with Gasteiger partial charge in [0.25, 0.3) is 0 Å². The van der Waals surface area contributed by atoms with E-state index >= 15 is 0 Å². The summed E-state index contributed by atoms with van der Waals surface area (Å²) in [7, 11) is 3.18. The predicted molar refractivity (Wildman–Crippen MR) is 69.7 cm³/mol. The van der Waals surface area contributed by atoms with Gasteiger partial charge < -0.3 is 20.5 Å². The van der Waals surface area contributed by atoms with Crippen LogP contribution in [0.2, 0.25) is 0 Å². The molecule has 0 amide bonds. The average Bonchev–Trinajstić information content (AvgIpc) is 2.29. The first-order valence-electron chi connectivity index (χ1n) is 5.06. The van der Waals surface area contributed by atoms with Crippen LogP contribution in [-0.4, -0.2) is 37.8 Å². The zero-order chi connectivity index (χ0) is 12.8. The molecular formula is C11H15BrN2O3. The van der Waals surface area contributed by atoms with Crippen LogP contribution in [0.1, 0.15) is 0 Å². The highest BCUT2D eigenvalue weighted by Gasteiger charge is 2.15. The van der Waals surface area contributed by atoms with Gasteiger partial charge in [-0.2, -0.15) is 0 Å². The fourth-order valence-electron chi connectivity index (χ4n) is 1.34. The summed E-state index contributed by atoms with van der Waals surface area (Å²) < 4.78 is 6.08. The van der Waals surface area contributed by atoms with Gasteiger partial charge in [-0.15, -0.1) is 0 Å². The largest absolute Gasteiger partial charge is 0.495 e. The minimum atomic E-state index is -0.894. The Kier molecular flexibility index (Phi) is 5.24. The number of aliphatic carboxylic acids is 1. The molecule has 1 unspecified atom stereocenters. The van der Waals surface area contributed by atoms with Crippen molar-refractivity contribution in [3.63, 3.8) is 0 Å². The molecule has 0 radical (unpaired) electrons. The number of nitrogens with one attached hydrogen (secondary N) is 2. The van der Waals surface area contributed by atoms with E-state index in [2.05, 4.69) is 26.6 Å². The van der Waals surface area contributed by atoms with Crippen molar-refractivity contribution in [2.24, 2.45) is 0 Å². The summed E-state index contributed by atoms with van der Waals surface area (Å²) in [4.78, 5) is 10.8. The lowest BCUT2D eigenvalue weighted by atomic mass is 10.2. The molecule has 0 saturated carbocycles. The SMILES string of the molecule is CNC(CNc1cc(Br)ccc1OC)C(=O)O. The maximum atomic E-state index is 10.8. The first-order chi connectivity index (χ1) is 8.08. The van der Waals surface area contributed by atoms with E-state index < -0.39 is 12.0 Å². The third-order valence-electron chi connectivity index (χ3n) is 2.30. The molecule has 0 fully saturated rings. The van der Waals surface area contributed by atoms with Gasteiger partial charge >= 0.3 is 5.97 Å². The average molecular weight is 303 g/mol. The maximum absolute atomic E-state index is 10.8. The number of hydrogen-bond acceptors (Lipinski definition) is 4. The Bertz CT molecular complexity index is 398. The molecular weight excluding hydrogens is 288 g/mol. The summed E-state index contributed by atoms with van der Waals surface area (Å²) in [6.07, 6.45) is 0. The Morgan fingerprint density at radius 2 is 2.29 bits per heavy atom. The number of carbonyl (C=O) groups is 1. The van der Waals surface area contributed by atoms with Crippen molar-refractivity contribution < 1.29 is 14.6 Å². The van der Waals surface area contributed by atoms with E-state index in [1.54, 1.807) is 14.2 Å². The molecule has 6 heteroatoms. The molecule has 0 bridgehead atoms. The number of likely N-dealkylation sites (N-methyl/N-ethyl adjacent to an activating group) is 1. The number of anilines is 1. The van der Waals surface area contributed by atoms with Crippen molar-refractivity contribution in [3.8, 4) is 5.75 Å². The molecule has 17 heavy (non-hydrogen) atoms. The minimum Gasteiger partial charge on any atom is -0.495 e. The molecule has 1 aromatic carbocycles. The molecule has 1 aromatic rings. The van der Waals surface area contributed by atoms with E-state index in [1.165, 1.54) is 0 Å². The number of methoxy groups -OCH3 is 1. The van der Waals surface area contributed by atoms with Crippen LogP contribution in [0.25, 0.3) is 0 Å². The highest BCUT2D eigenvalue weighted by atomic mass is 79.9. The van der Waals surface area contributed by atoms with E-state index in [4.69, 9.17) is 9.84 Å². The molecule has 0 heterocycles. The van der Waals surface area contributed by atoms with Gasteiger partial charge in [-0.25, -0.2) is 0 Å². The summed E-state index contributed by atoms with van der Waals surface area (Å²) in [5.41, 5.74) is 0.753. The lowest BCUT2D eigenvalue weighted by molar-refractivity contribution is -0.138. The van der Waals surface area contributed by atoms with Crippen LogP contribution < -0.4 is 15.4 Å². The van der Waals surface area contributed by atoms with E-state index in [0.29, 0.717) is 5.75 Å². The van der Waals surface area contributed by atoms with Crippen molar-refractivity contribution in [2.75, 3.05) is 26.0 Å². The Morgan fingerprint density at radius 1 is 1.59 bits per heavy atom. The number of hydrogen-bond donors (Lipinski definition) is 3. The van der Waals surface area contributed by atoms with Gasteiger partial charge in [-0.1, -0.05) is 15.9 Å². The van der Waals surface area contributed by atoms with Crippen LogP contribution in [0.5, 0.6) is 5.75 Å². The minimum absolute atomic E-state index is 0.276. The fourth-order valence-corrected chi connectivity index (χ4v) is 1.70. The molecule has 0 saturated heterocycles. The first-order valence-corrected chi connectivity index (χ1v) is 5.85. The van der Waals surface area contributed by atoms with Gasteiger partial charge in [0.05, 0.1) is 12.8 Å². The zero-order valence-electron chi connectivity index (χ0n) is 9.66. The Hall–Kier alpha value is -1.27. The Morgan fingerprint density at radius 3 is 2.82 bits per heavy atom. The molecule has 0 aliphatic rings. The maximum Gasteiger partial charge on any atom is 0.322 e. The molecule has 5 nitrogen and oxygen atoms in total. The van der Waals surface area contributed by atoms with Crippen molar-refractivity contribution >= 4 is 27.6 Å². The molecule has 1 rings (SSSR count). The lowest BCUT2D eigenvalue weighted by Crippen LogP contribution is -2.39. The third-order valence-corrected chi connectivity index (χ3v) is 2.80. The second-order valence-corrected chi connectivity index (χ2v) is 4.32. The molecule has 3 N–H and O–H groups in total. The standard InChI is InChI=1S/C11H15BrN2O3/c1-13-9(11(15)16)6-14-8-5-7(12)3-4-10(8)17-2/h3-5,9,13-14H,6H2,1-2H3,(H,15,16). The van der Waals surface area contributed by atoms with E-state index in [9.17, 15) is 4.79 Å². The Balaban J connectivity index is 2.73. The van der Waals surface area contributed by atoms with Crippen LogP contribution >= 0.6 is 15.9 Å². The van der Waals surface area contributed by atoms with Crippen molar-refractivity contribution in [3.05, 3.63) is 22.7 Å². The predicted octanol–water partition coefficient (Wildman–Crippen LogP) is 1.54. The first kappa shape index (κ1) is 13.8. The number of carboxylic acid groups (broad SMARTS) is 1. The smallest absolute Gasteiger partial charge is 0.322 e. The normalized spacial score (nSPS) is 11.9. The van der Waals surface area contributed by atoms with Crippen LogP contribution in [0.3, 0.4) is 0 Å². The third kappa shape index (κ3) is 3.90. The van der Waals surface area contributed by atoms with Gasteiger partial charge in [0, 0.05) is 11.0 Å². The van der Waals surface area contributed by atoms with Crippen molar-refractivity contribution in [2.45, 2.75) is 6.04 Å². The zero-order valence-corrected chi connectivity index (χ0v) is 11.2. The Labute approximate surface area is 108 Å². The van der Waals surface area contributed by atoms with E-state index in [-0.39, 0.29) is 6.54 Å². The van der Waals surface area contributed by atoms with Gasteiger partial charge in [0.1, 0.15) is 11.8 Å². The highest BCUT2D eigenvalue weighted by Crippen LogP contribution is 2.27. The lowest BCUT2D eigenvalue weighted by Gasteiger charge is -2.15. The summed E-state index contributed by atoms with van der Waals surface area (Å²) >= 11 is 3.35. The van der Waals surface area contributed by atoms with Crippen LogP contribution in [0.15, 0.2) is 22.7 Å². The number of halogens is 1. The highest BCUT2D eigenvalue weighted by molar-refractivity contribution is 9.10. The monoisotopic (exact) mass is 302 g/mol. The topological polar surface area (TPSA) is 70.6 Å². The van der Waals surface area contributed by atoms with E-state index in [0.717, 1.165) is 10.2 Å². The molecule has 0 spiro atoms. The van der Waals surface area contributed by atoms with Gasteiger partial charge in [0.15, 0.2) is 0 Å². The summed E-state index contributed by atoms with van der Waals surface area (Å²) in [6.45, 7) is 0.276. The van der Waals surface area contributed by atoms with Crippen LogP contribution in [-0.2, 0) is 4.79 Å².